The molecular formula is C21H32N4O2. The molecular weight excluding hydrogens is 340 g/mol. The number of carbonyl (C=O) groups is 1. The van der Waals surface area contributed by atoms with E-state index >= 15 is 0 Å². The van der Waals surface area contributed by atoms with Gasteiger partial charge in [0, 0.05) is 45.7 Å². The van der Waals surface area contributed by atoms with Crippen LogP contribution in [0, 0.1) is 0 Å². The van der Waals surface area contributed by atoms with E-state index in [1.165, 1.54) is 11.1 Å². The number of aliphatic hydroxyl groups excluding tert-OH is 1. The number of nitrogens with one attached hydrogen (secondary N) is 1. The zero-order chi connectivity index (χ0) is 19.0. The number of fused-ring (bicyclic) bond motifs is 2. The average Bonchev–Trinajstić information content (AvgIpc) is 2.92. The molecule has 0 radical (unpaired) electrons. The summed E-state index contributed by atoms with van der Waals surface area (Å²) in [6.45, 7) is 5.96. The molecule has 1 spiro atoms. The molecule has 0 saturated carbocycles. The molecule has 0 unspecified atom stereocenters. The van der Waals surface area contributed by atoms with Crippen LogP contribution in [0.25, 0.3) is 0 Å². The quantitative estimate of drug-likeness (QED) is 0.806. The first-order valence-electron chi connectivity index (χ1n) is 10.2. The van der Waals surface area contributed by atoms with Gasteiger partial charge < -0.3 is 15.3 Å². The Bertz CT molecular complexity index is 679. The van der Waals surface area contributed by atoms with Gasteiger partial charge in [-0.3, -0.25) is 14.6 Å². The number of rotatable bonds is 3. The third-order valence-corrected chi connectivity index (χ3v) is 6.83. The van der Waals surface area contributed by atoms with Crippen molar-refractivity contribution in [2.45, 2.75) is 30.4 Å². The van der Waals surface area contributed by atoms with Crippen LogP contribution >= 0.6 is 0 Å². The van der Waals surface area contributed by atoms with Crippen molar-refractivity contribution in [3.8, 4) is 0 Å². The molecule has 6 nitrogen and oxygen atoms in total. The van der Waals surface area contributed by atoms with E-state index in [-0.39, 0.29) is 23.5 Å². The van der Waals surface area contributed by atoms with Crippen LogP contribution in [-0.4, -0.2) is 91.7 Å². The molecule has 1 amide bonds. The predicted octanol–water partition coefficient (Wildman–Crippen LogP) is 0.429. The highest BCUT2D eigenvalue weighted by atomic mass is 16.3. The molecule has 1 aromatic carbocycles. The molecule has 2 saturated heterocycles. The molecule has 0 bridgehead atoms. The highest BCUT2D eigenvalue weighted by Gasteiger charge is 2.53. The molecule has 4 rings (SSSR count). The summed E-state index contributed by atoms with van der Waals surface area (Å²) < 4.78 is 0. The van der Waals surface area contributed by atoms with E-state index in [2.05, 4.69) is 39.4 Å². The number of nitrogens with zero attached hydrogens (tertiary/aromatic N) is 3. The zero-order valence-corrected chi connectivity index (χ0v) is 16.5. The van der Waals surface area contributed by atoms with Crippen molar-refractivity contribution in [3.05, 3.63) is 35.4 Å². The Balaban J connectivity index is 1.51. The summed E-state index contributed by atoms with van der Waals surface area (Å²) in [5.74, 6) is 0.156. The standard InChI is InChI=1S/C21H32N4O2/c1-23(2)18(26)15-24-11-13-25(14-12-24)19-16-5-3-4-6-17(16)21(20(19)27)7-9-22-10-8-21/h3-6,19-20,22,27H,7-15H2,1-2H3/t19-,20+/m1/s1. The van der Waals surface area contributed by atoms with E-state index in [9.17, 15) is 9.90 Å². The van der Waals surface area contributed by atoms with E-state index in [4.69, 9.17) is 0 Å². The van der Waals surface area contributed by atoms with Crippen molar-refractivity contribution in [1.29, 1.82) is 0 Å². The number of piperidine rings is 1. The number of hydrogen-bond donors (Lipinski definition) is 2. The molecule has 2 heterocycles. The molecule has 6 heteroatoms. The summed E-state index contributed by atoms with van der Waals surface area (Å²) in [5, 5.41) is 14.9. The number of benzene rings is 1. The highest BCUT2D eigenvalue weighted by molar-refractivity contribution is 5.77. The molecule has 2 N–H and O–H groups in total. The summed E-state index contributed by atoms with van der Waals surface area (Å²) in [6.07, 6.45) is 1.64. The minimum atomic E-state index is -0.355. The smallest absolute Gasteiger partial charge is 0.236 e. The second-order valence-electron chi connectivity index (χ2n) is 8.48. The van der Waals surface area contributed by atoms with Gasteiger partial charge >= 0.3 is 0 Å². The molecule has 148 valence electrons. The van der Waals surface area contributed by atoms with Gasteiger partial charge in [-0.25, -0.2) is 0 Å². The molecule has 1 aliphatic carbocycles. The van der Waals surface area contributed by atoms with Gasteiger partial charge in [-0.2, -0.15) is 0 Å². The zero-order valence-electron chi connectivity index (χ0n) is 16.5. The maximum absolute atomic E-state index is 12.0. The third kappa shape index (κ3) is 3.29. The summed E-state index contributed by atoms with van der Waals surface area (Å²) in [4.78, 5) is 18.3. The Kier molecular flexibility index (Phi) is 5.25. The highest BCUT2D eigenvalue weighted by Crippen LogP contribution is 2.52. The average molecular weight is 373 g/mol. The monoisotopic (exact) mass is 372 g/mol. The van der Waals surface area contributed by atoms with E-state index in [0.29, 0.717) is 6.54 Å². The van der Waals surface area contributed by atoms with Gasteiger partial charge in [0.25, 0.3) is 0 Å². The Morgan fingerprint density at radius 3 is 2.52 bits per heavy atom. The topological polar surface area (TPSA) is 59.1 Å². The lowest BCUT2D eigenvalue weighted by molar-refractivity contribution is -0.130. The third-order valence-electron chi connectivity index (χ3n) is 6.83. The van der Waals surface area contributed by atoms with Crippen molar-refractivity contribution in [2.24, 2.45) is 0 Å². The second kappa shape index (κ2) is 7.51. The van der Waals surface area contributed by atoms with Gasteiger partial charge in [-0.1, -0.05) is 24.3 Å². The first-order chi connectivity index (χ1) is 13.0. The molecule has 27 heavy (non-hydrogen) atoms. The molecule has 1 aromatic rings. The second-order valence-corrected chi connectivity index (χ2v) is 8.48. The van der Waals surface area contributed by atoms with Crippen LogP contribution in [0.4, 0.5) is 0 Å². The lowest BCUT2D eigenvalue weighted by Crippen LogP contribution is -2.53. The maximum Gasteiger partial charge on any atom is 0.236 e. The lowest BCUT2D eigenvalue weighted by atomic mass is 9.72. The molecule has 0 aromatic heterocycles. The van der Waals surface area contributed by atoms with Gasteiger partial charge in [0.1, 0.15) is 0 Å². The predicted molar refractivity (Wildman–Crippen MR) is 106 cm³/mol. The van der Waals surface area contributed by atoms with Crippen molar-refractivity contribution in [3.63, 3.8) is 0 Å². The molecule has 2 atom stereocenters. The number of hydrogen-bond acceptors (Lipinski definition) is 5. The number of likely N-dealkylation sites (N-methyl/N-ethyl adjacent to an activating group) is 1. The van der Waals surface area contributed by atoms with Gasteiger partial charge in [0.2, 0.25) is 5.91 Å². The van der Waals surface area contributed by atoms with E-state index in [1.54, 1.807) is 4.90 Å². The fourth-order valence-electron chi connectivity index (χ4n) is 5.21. The normalized spacial score (nSPS) is 28.3. The van der Waals surface area contributed by atoms with Crippen LogP contribution in [0.1, 0.15) is 30.0 Å². The number of aliphatic hydroxyl groups is 1. The van der Waals surface area contributed by atoms with Crippen LogP contribution in [0.5, 0.6) is 0 Å². The maximum atomic E-state index is 12.0. The van der Waals surface area contributed by atoms with Crippen LogP contribution < -0.4 is 5.32 Å². The Morgan fingerprint density at radius 2 is 1.85 bits per heavy atom. The minimum Gasteiger partial charge on any atom is -0.390 e. The Hall–Kier alpha value is -1.47. The summed E-state index contributed by atoms with van der Waals surface area (Å²) in [5.41, 5.74) is 2.56. The first-order valence-corrected chi connectivity index (χ1v) is 10.2. The summed E-state index contributed by atoms with van der Waals surface area (Å²) >= 11 is 0. The van der Waals surface area contributed by atoms with Gasteiger partial charge in [-0.05, 0) is 37.1 Å². The summed E-state index contributed by atoms with van der Waals surface area (Å²) in [7, 11) is 3.62. The minimum absolute atomic E-state index is 0.0750. The van der Waals surface area contributed by atoms with E-state index in [0.717, 1.165) is 52.1 Å². The van der Waals surface area contributed by atoms with E-state index < -0.39 is 0 Å². The molecule has 2 aliphatic heterocycles. The SMILES string of the molecule is CN(C)C(=O)CN1CCN([C@@H]2c3ccccc3C3(CCNCC3)[C@H]2O)CC1. The number of piperazine rings is 1. The Labute approximate surface area is 162 Å². The molecule has 3 aliphatic rings. The van der Waals surface area contributed by atoms with Crippen molar-refractivity contribution in [2.75, 3.05) is 59.9 Å². The van der Waals surface area contributed by atoms with Crippen molar-refractivity contribution < 1.29 is 9.90 Å². The fraction of sp³-hybridized carbons (Fsp3) is 0.667. The van der Waals surface area contributed by atoms with Crippen molar-refractivity contribution in [1.82, 2.24) is 20.0 Å². The lowest BCUT2D eigenvalue weighted by Gasteiger charge is -2.43. The van der Waals surface area contributed by atoms with E-state index in [1.807, 2.05) is 14.1 Å². The van der Waals surface area contributed by atoms with Crippen LogP contribution in [0.3, 0.4) is 0 Å². The van der Waals surface area contributed by atoms with Gasteiger partial charge in [0.15, 0.2) is 0 Å². The first kappa shape index (κ1) is 18.9. The Morgan fingerprint density at radius 1 is 1.19 bits per heavy atom. The summed E-state index contributed by atoms with van der Waals surface area (Å²) in [6, 6.07) is 8.73. The van der Waals surface area contributed by atoms with Gasteiger partial charge in [-0.15, -0.1) is 0 Å². The fourth-order valence-corrected chi connectivity index (χ4v) is 5.21. The number of carbonyl (C=O) groups excluding carboxylic acids is 1. The van der Waals surface area contributed by atoms with Crippen LogP contribution in [-0.2, 0) is 10.2 Å². The van der Waals surface area contributed by atoms with Gasteiger partial charge in [0.05, 0.1) is 18.7 Å². The number of amides is 1. The molecule has 2 fully saturated rings. The van der Waals surface area contributed by atoms with Crippen molar-refractivity contribution >= 4 is 5.91 Å². The van der Waals surface area contributed by atoms with Crippen LogP contribution in [0.2, 0.25) is 0 Å². The van der Waals surface area contributed by atoms with Crippen LogP contribution in [0.15, 0.2) is 24.3 Å². The largest absolute Gasteiger partial charge is 0.390 e.